The van der Waals surface area contributed by atoms with E-state index in [-0.39, 0.29) is 42.9 Å². The van der Waals surface area contributed by atoms with E-state index >= 15 is 4.39 Å². The number of alkyl halides is 3. The maximum absolute atomic E-state index is 15.0. The number of likely N-dealkylation sites (tertiary alicyclic amines) is 1. The molecule has 0 aliphatic carbocycles. The molecule has 13 heteroatoms. The molecule has 2 fully saturated rings. The maximum Gasteiger partial charge on any atom is 0.280 e. The highest BCUT2D eigenvalue weighted by Gasteiger charge is 2.47. The van der Waals surface area contributed by atoms with Crippen molar-refractivity contribution in [3.8, 4) is 17.0 Å². The van der Waals surface area contributed by atoms with Crippen LogP contribution in [0.5, 0.6) is 5.88 Å². The zero-order chi connectivity index (χ0) is 26.6. The number of rotatable bonds is 7. The van der Waals surface area contributed by atoms with Gasteiger partial charge in [0.25, 0.3) is 5.92 Å². The van der Waals surface area contributed by atoms with E-state index in [0.717, 1.165) is 0 Å². The van der Waals surface area contributed by atoms with E-state index in [4.69, 9.17) is 9.47 Å². The largest absolute Gasteiger partial charge is 0.479 e. The molecule has 2 aliphatic rings. The Balaban J connectivity index is 1.33. The van der Waals surface area contributed by atoms with E-state index in [1.807, 2.05) is 0 Å². The molecule has 2 saturated heterocycles. The summed E-state index contributed by atoms with van der Waals surface area (Å²) >= 11 is 0. The molecule has 5 heterocycles. The van der Waals surface area contributed by atoms with Crippen LogP contribution >= 0.6 is 0 Å². The number of methoxy groups -OCH3 is 1. The number of nitrogens with zero attached hydrogens (tertiary/aromatic N) is 6. The van der Waals surface area contributed by atoms with Crippen LogP contribution < -0.4 is 10.1 Å². The lowest BCUT2D eigenvalue weighted by molar-refractivity contribution is -0.131. The Hall–Kier alpha value is -3.45. The highest BCUT2D eigenvalue weighted by atomic mass is 19.3. The van der Waals surface area contributed by atoms with Crippen LogP contribution in [0, 0.1) is 12.7 Å². The fourth-order valence-electron chi connectivity index (χ4n) is 5.29. The van der Waals surface area contributed by atoms with Crippen molar-refractivity contribution in [1.29, 1.82) is 0 Å². The van der Waals surface area contributed by atoms with E-state index in [1.165, 1.54) is 17.7 Å². The van der Waals surface area contributed by atoms with Crippen LogP contribution in [0.25, 0.3) is 27.7 Å². The first-order chi connectivity index (χ1) is 18.3. The predicted octanol–water partition coefficient (Wildman–Crippen LogP) is 3.69. The number of benzene rings is 1. The number of aryl methyl sites for hydroxylation is 2. The zero-order valence-electron chi connectivity index (χ0n) is 20.9. The van der Waals surface area contributed by atoms with E-state index in [9.17, 15) is 13.2 Å². The van der Waals surface area contributed by atoms with Gasteiger partial charge in [-0.1, -0.05) is 0 Å². The topological polar surface area (TPSA) is 81.7 Å². The van der Waals surface area contributed by atoms with Gasteiger partial charge < -0.3 is 19.4 Å². The molecule has 6 rings (SSSR count). The van der Waals surface area contributed by atoms with Gasteiger partial charge in [0.1, 0.15) is 23.5 Å². The molecular weight excluding hydrogens is 506 g/mol. The van der Waals surface area contributed by atoms with Gasteiger partial charge in [-0.15, -0.1) is 5.10 Å². The summed E-state index contributed by atoms with van der Waals surface area (Å²) in [6, 6.07) is 3.69. The second-order valence-corrected chi connectivity index (χ2v) is 9.70. The van der Waals surface area contributed by atoms with Crippen LogP contribution in [-0.4, -0.2) is 87.1 Å². The van der Waals surface area contributed by atoms with Crippen molar-refractivity contribution in [2.45, 2.75) is 37.9 Å². The van der Waals surface area contributed by atoms with E-state index < -0.39 is 24.5 Å². The van der Waals surface area contributed by atoms with Crippen LogP contribution in [0.4, 0.5) is 23.5 Å². The molecule has 1 N–H and O–H groups in total. The fourth-order valence-corrected chi connectivity index (χ4v) is 5.29. The van der Waals surface area contributed by atoms with Gasteiger partial charge in [0, 0.05) is 18.3 Å². The summed E-state index contributed by atoms with van der Waals surface area (Å²) in [7, 11) is 1.42. The number of fused-ring (bicyclic) bond motifs is 2. The minimum Gasteiger partial charge on any atom is -0.479 e. The molecule has 0 bridgehead atoms. The van der Waals surface area contributed by atoms with Crippen LogP contribution in [0.1, 0.15) is 12.2 Å². The maximum atomic E-state index is 15.0. The Kier molecular flexibility index (Phi) is 6.14. The van der Waals surface area contributed by atoms with Gasteiger partial charge in [-0.25, -0.2) is 27.1 Å². The third kappa shape index (κ3) is 4.13. The Morgan fingerprint density at radius 3 is 2.74 bits per heavy atom. The van der Waals surface area contributed by atoms with Crippen molar-refractivity contribution in [1.82, 2.24) is 29.0 Å². The van der Waals surface area contributed by atoms with Crippen molar-refractivity contribution in [2.24, 2.45) is 0 Å². The summed E-state index contributed by atoms with van der Waals surface area (Å²) in [4.78, 5) is 10.4. The van der Waals surface area contributed by atoms with Crippen LogP contribution in [0.3, 0.4) is 0 Å². The minimum atomic E-state index is -2.99. The second kappa shape index (κ2) is 9.38. The van der Waals surface area contributed by atoms with Crippen molar-refractivity contribution >= 4 is 22.5 Å². The molecular formula is C25H27F4N7O2. The number of aromatic nitrogens is 5. The van der Waals surface area contributed by atoms with Gasteiger partial charge in [-0.3, -0.25) is 4.90 Å². The summed E-state index contributed by atoms with van der Waals surface area (Å²) in [6.45, 7) is 2.26. The lowest BCUT2D eigenvalue weighted by Crippen LogP contribution is -2.61. The third-order valence-electron chi connectivity index (χ3n) is 7.36. The SMILES string of the molecule is COc1nc(NC2CCN(C3COC3)CC2(F)F)nn2ccc(-c3cc(F)c4nc(C)n(CCF)c4c3)c12. The molecule has 0 amide bonds. The number of anilines is 1. The summed E-state index contributed by atoms with van der Waals surface area (Å²) < 4.78 is 71.9. The Morgan fingerprint density at radius 2 is 2.05 bits per heavy atom. The van der Waals surface area contributed by atoms with Crippen molar-refractivity contribution < 1.29 is 27.0 Å². The number of halogens is 4. The average molecular weight is 534 g/mol. The van der Waals surface area contributed by atoms with Gasteiger partial charge in [0.15, 0.2) is 5.82 Å². The molecule has 4 aromatic rings. The number of nitrogens with one attached hydrogen (secondary N) is 1. The van der Waals surface area contributed by atoms with Gasteiger partial charge >= 0.3 is 0 Å². The minimum absolute atomic E-state index is 0.000109. The quantitative estimate of drug-likeness (QED) is 0.363. The molecule has 1 atom stereocenters. The molecule has 9 nitrogen and oxygen atoms in total. The van der Waals surface area contributed by atoms with Gasteiger partial charge in [-0.05, 0) is 37.1 Å². The number of imidazole rings is 1. The van der Waals surface area contributed by atoms with Crippen molar-refractivity contribution in [2.75, 3.05) is 45.4 Å². The van der Waals surface area contributed by atoms with Crippen LogP contribution in [-0.2, 0) is 11.3 Å². The van der Waals surface area contributed by atoms with E-state index in [1.54, 1.807) is 34.7 Å². The predicted molar refractivity (Wildman–Crippen MR) is 132 cm³/mol. The molecule has 202 valence electrons. The Morgan fingerprint density at radius 1 is 1.24 bits per heavy atom. The first-order valence-corrected chi connectivity index (χ1v) is 12.4. The molecule has 38 heavy (non-hydrogen) atoms. The van der Waals surface area contributed by atoms with Crippen molar-refractivity contribution in [3.63, 3.8) is 0 Å². The summed E-state index contributed by atoms with van der Waals surface area (Å²) in [5.41, 5.74) is 2.14. The van der Waals surface area contributed by atoms with Crippen LogP contribution in [0.2, 0.25) is 0 Å². The first kappa shape index (κ1) is 24.9. The number of ether oxygens (including phenoxy) is 2. The molecule has 0 spiro atoms. The van der Waals surface area contributed by atoms with E-state index in [2.05, 4.69) is 20.4 Å². The number of piperidine rings is 1. The molecule has 1 unspecified atom stereocenters. The standard InChI is InChI=1S/C25H27F4N7O2/c1-14-30-21-18(27)9-15(10-19(21)35(14)8-5-26)17-3-7-36-22(17)23(37-2)32-24(33-36)31-20-4-6-34(13-25(20,28)29)16-11-38-12-16/h3,7,9-10,16,20H,4-6,8,11-13H2,1-2H3,(H,31,33). The number of hydrogen-bond acceptors (Lipinski definition) is 7. The normalized spacial score (nSPS) is 20.2. The summed E-state index contributed by atoms with van der Waals surface area (Å²) in [5.74, 6) is -2.88. The molecule has 1 aromatic carbocycles. The molecule has 0 radical (unpaired) electrons. The van der Waals surface area contributed by atoms with Gasteiger partial charge in [0.2, 0.25) is 11.8 Å². The molecule has 0 saturated carbocycles. The lowest BCUT2D eigenvalue weighted by atomic mass is 9.98. The third-order valence-corrected chi connectivity index (χ3v) is 7.36. The molecule has 3 aromatic heterocycles. The summed E-state index contributed by atoms with van der Waals surface area (Å²) in [5, 5.41) is 7.20. The summed E-state index contributed by atoms with van der Waals surface area (Å²) in [6.07, 6.45) is 1.85. The highest BCUT2D eigenvalue weighted by Crippen LogP contribution is 2.36. The monoisotopic (exact) mass is 533 g/mol. The smallest absolute Gasteiger partial charge is 0.280 e. The zero-order valence-corrected chi connectivity index (χ0v) is 20.9. The highest BCUT2D eigenvalue weighted by molar-refractivity contribution is 5.90. The van der Waals surface area contributed by atoms with Gasteiger partial charge in [-0.2, -0.15) is 4.98 Å². The van der Waals surface area contributed by atoms with Crippen molar-refractivity contribution in [3.05, 3.63) is 36.0 Å². The molecule has 2 aliphatic heterocycles. The van der Waals surface area contributed by atoms with E-state index in [0.29, 0.717) is 47.7 Å². The number of hydrogen-bond donors (Lipinski definition) is 1. The second-order valence-electron chi connectivity index (χ2n) is 9.70. The average Bonchev–Trinajstić information content (AvgIpc) is 3.41. The lowest BCUT2D eigenvalue weighted by Gasteiger charge is -2.44. The van der Waals surface area contributed by atoms with Crippen LogP contribution in [0.15, 0.2) is 24.4 Å². The fraction of sp³-hybridized carbons (Fsp3) is 0.480. The first-order valence-electron chi connectivity index (χ1n) is 12.4. The Bertz CT molecular complexity index is 1500. The Labute approximate surface area is 215 Å². The van der Waals surface area contributed by atoms with Gasteiger partial charge in [0.05, 0.1) is 51.0 Å².